The van der Waals surface area contributed by atoms with E-state index >= 15 is 0 Å². The maximum atomic E-state index is 4.72. The summed E-state index contributed by atoms with van der Waals surface area (Å²) >= 11 is 2.08. The first-order valence-electron chi connectivity index (χ1n) is 7.01. The van der Waals surface area contributed by atoms with Crippen LogP contribution in [0.3, 0.4) is 0 Å². The second-order valence-electron chi connectivity index (χ2n) is 5.43. The molecule has 1 saturated carbocycles. The van der Waals surface area contributed by atoms with Crippen LogP contribution in [0.1, 0.15) is 39.5 Å². The molecule has 2 heteroatoms. The molecule has 0 bridgehead atoms. The fourth-order valence-electron chi connectivity index (χ4n) is 2.44. The van der Waals surface area contributed by atoms with Crippen LogP contribution in [0.15, 0.2) is 24.3 Å². The SMILES string of the molecule is C=C(C)C1CC(=C)C(C)C(SCCCC#COC)C1. The van der Waals surface area contributed by atoms with E-state index in [0.717, 1.165) is 19.3 Å². The Labute approximate surface area is 122 Å². The van der Waals surface area contributed by atoms with Gasteiger partial charge >= 0.3 is 0 Å². The minimum absolute atomic E-state index is 0.630. The summed E-state index contributed by atoms with van der Waals surface area (Å²) in [5.41, 5.74) is 2.71. The quantitative estimate of drug-likeness (QED) is 0.411. The minimum Gasteiger partial charge on any atom is -0.450 e. The van der Waals surface area contributed by atoms with E-state index in [0.29, 0.717) is 17.1 Å². The first kappa shape index (κ1) is 16.2. The van der Waals surface area contributed by atoms with Gasteiger partial charge in [-0.05, 0) is 43.8 Å². The summed E-state index contributed by atoms with van der Waals surface area (Å²) in [5, 5.41) is 0.693. The van der Waals surface area contributed by atoms with E-state index in [1.807, 2.05) is 0 Å². The number of hydrogen-bond donors (Lipinski definition) is 0. The first-order valence-corrected chi connectivity index (χ1v) is 8.06. The molecule has 0 saturated heterocycles. The van der Waals surface area contributed by atoms with E-state index in [4.69, 9.17) is 4.74 Å². The molecule has 3 unspecified atom stereocenters. The van der Waals surface area contributed by atoms with Gasteiger partial charge in [-0.15, -0.1) is 0 Å². The molecular formula is C17H26OS. The van der Waals surface area contributed by atoms with Crippen molar-refractivity contribution in [1.29, 1.82) is 0 Å². The van der Waals surface area contributed by atoms with Gasteiger partial charge in [-0.25, -0.2) is 0 Å². The zero-order chi connectivity index (χ0) is 14.3. The Hall–Kier alpha value is -0.810. The van der Waals surface area contributed by atoms with Crippen molar-refractivity contribution in [2.75, 3.05) is 12.9 Å². The van der Waals surface area contributed by atoms with Gasteiger partial charge in [0, 0.05) is 11.7 Å². The van der Waals surface area contributed by atoms with Crippen molar-refractivity contribution in [1.82, 2.24) is 0 Å². The summed E-state index contributed by atoms with van der Waals surface area (Å²) in [6.07, 6.45) is 7.08. The van der Waals surface area contributed by atoms with Crippen LogP contribution in [0.2, 0.25) is 0 Å². The number of allylic oxidation sites excluding steroid dienone is 2. The van der Waals surface area contributed by atoms with Crippen molar-refractivity contribution in [2.45, 2.75) is 44.8 Å². The monoisotopic (exact) mass is 278 g/mol. The molecular weight excluding hydrogens is 252 g/mol. The highest BCUT2D eigenvalue weighted by Gasteiger charge is 2.30. The van der Waals surface area contributed by atoms with Gasteiger partial charge in [0.05, 0.1) is 7.11 Å². The normalized spacial score (nSPS) is 26.5. The highest BCUT2D eigenvalue weighted by molar-refractivity contribution is 7.99. The van der Waals surface area contributed by atoms with Gasteiger partial charge < -0.3 is 4.74 Å². The summed E-state index contributed by atoms with van der Waals surface area (Å²) in [6, 6.07) is 0. The van der Waals surface area contributed by atoms with E-state index in [9.17, 15) is 0 Å². The number of rotatable bonds is 5. The molecule has 1 aliphatic carbocycles. The Kier molecular flexibility index (Phi) is 7.16. The van der Waals surface area contributed by atoms with Gasteiger partial charge in [0.2, 0.25) is 0 Å². The van der Waals surface area contributed by atoms with Crippen LogP contribution in [0.4, 0.5) is 0 Å². The molecule has 1 aliphatic rings. The molecule has 1 rings (SSSR count). The number of methoxy groups -OCH3 is 1. The standard InChI is InChI=1S/C17H26OS/c1-13(2)16-11-14(3)15(4)17(12-16)19-10-8-6-7-9-18-5/h15-17H,1,3,6,8,10-12H2,2,4-5H3. The molecule has 1 nitrogen and oxygen atoms in total. The lowest BCUT2D eigenvalue weighted by atomic mass is 9.77. The van der Waals surface area contributed by atoms with E-state index < -0.39 is 0 Å². The third kappa shape index (κ3) is 5.37. The van der Waals surface area contributed by atoms with Crippen LogP contribution in [-0.2, 0) is 4.74 Å². The minimum atomic E-state index is 0.630. The van der Waals surface area contributed by atoms with Gasteiger partial charge in [0.1, 0.15) is 6.11 Å². The summed E-state index contributed by atoms with van der Waals surface area (Å²) in [6.45, 7) is 12.8. The van der Waals surface area contributed by atoms with Crippen LogP contribution in [0.25, 0.3) is 0 Å². The molecule has 3 atom stereocenters. The van der Waals surface area contributed by atoms with E-state index in [2.05, 4.69) is 50.8 Å². The highest BCUT2D eigenvalue weighted by Crippen LogP contribution is 2.41. The molecule has 0 aliphatic heterocycles. The maximum Gasteiger partial charge on any atom is 0.109 e. The fourth-order valence-corrected chi connectivity index (χ4v) is 3.90. The molecule has 0 radical (unpaired) electrons. The van der Waals surface area contributed by atoms with Gasteiger partial charge in [-0.1, -0.05) is 37.1 Å². The Morgan fingerprint density at radius 2 is 2.26 bits per heavy atom. The summed E-state index contributed by atoms with van der Waals surface area (Å²) in [5.74, 6) is 5.44. The van der Waals surface area contributed by atoms with Crippen molar-refractivity contribution in [2.24, 2.45) is 11.8 Å². The Balaban J connectivity index is 2.38. The lowest BCUT2D eigenvalue weighted by Gasteiger charge is -2.36. The van der Waals surface area contributed by atoms with Crippen LogP contribution in [-0.4, -0.2) is 18.1 Å². The predicted octanol–water partition coefficient (Wildman–Crippen LogP) is 4.65. The number of thioether (sulfide) groups is 1. The van der Waals surface area contributed by atoms with Crippen molar-refractivity contribution in [3.05, 3.63) is 24.3 Å². The summed E-state index contributed by atoms with van der Waals surface area (Å²) in [7, 11) is 1.61. The molecule has 0 aromatic carbocycles. The topological polar surface area (TPSA) is 9.23 Å². The summed E-state index contributed by atoms with van der Waals surface area (Å²) < 4.78 is 4.72. The van der Waals surface area contributed by atoms with E-state index in [1.54, 1.807) is 7.11 Å². The predicted molar refractivity (Wildman–Crippen MR) is 86.1 cm³/mol. The Bertz CT molecular complexity index is 374. The lowest BCUT2D eigenvalue weighted by molar-refractivity contribution is 0.371. The number of hydrogen-bond acceptors (Lipinski definition) is 2. The Morgan fingerprint density at radius 1 is 1.53 bits per heavy atom. The average molecular weight is 278 g/mol. The summed E-state index contributed by atoms with van der Waals surface area (Å²) in [4.78, 5) is 0. The zero-order valence-electron chi connectivity index (χ0n) is 12.5. The molecule has 0 spiro atoms. The molecule has 19 heavy (non-hydrogen) atoms. The van der Waals surface area contributed by atoms with Crippen LogP contribution in [0, 0.1) is 23.9 Å². The molecule has 0 amide bonds. The molecule has 0 aromatic rings. The van der Waals surface area contributed by atoms with Crippen LogP contribution < -0.4 is 0 Å². The van der Waals surface area contributed by atoms with E-state index in [1.165, 1.54) is 23.3 Å². The van der Waals surface area contributed by atoms with Crippen molar-refractivity contribution in [3.63, 3.8) is 0 Å². The van der Waals surface area contributed by atoms with Gasteiger partial charge in [-0.2, -0.15) is 11.8 Å². The van der Waals surface area contributed by atoms with Gasteiger partial charge in [-0.3, -0.25) is 0 Å². The second kappa shape index (κ2) is 8.38. The first-order chi connectivity index (χ1) is 9.06. The molecule has 0 aromatic heterocycles. The number of unbranched alkanes of at least 4 members (excludes halogenated alkanes) is 1. The third-order valence-corrected chi connectivity index (χ3v) is 5.43. The molecule has 0 heterocycles. The number of ether oxygens (including phenoxy) is 1. The molecule has 0 N–H and O–H groups in total. The second-order valence-corrected chi connectivity index (χ2v) is 6.77. The third-order valence-electron chi connectivity index (χ3n) is 3.88. The van der Waals surface area contributed by atoms with Crippen LogP contribution in [0.5, 0.6) is 0 Å². The zero-order valence-corrected chi connectivity index (χ0v) is 13.3. The average Bonchev–Trinajstić information content (AvgIpc) is 2.37. The highest BCUT2D eigenvalue weighted by atomic mass is 32.2. The van der Waals surface area contributed by atoms with Gasteiger partial charge in [0.15, 0.2) is 0 Å². The molecule has 106 valence electrons. The Morgan fingerprint density at radius 3 is 2.89 bits per heavy atom. The fraction of sp³-hybridized carbons (Fsp3) is 0.647. The van der Waals surface area contributed by atoms with E-state index in [-0.39, 0.29) is 0 Å². The van der Waals surface area contributed by atoms with Crippen molar-refractivity contribution >= 4 is 11.8 Å². The van der Waals surface area contributed by atoms with Crippen molar-refractivity contribution < 1.29 is 4.74 Å². The van der Waals surface area contributed by atoms with Gasteiger partial charge in [0.25, 0.3) is 0 Å². The lowest BCUT2D eigenvalue weighted by Crippen LogP contribution is -2.27. The maximum absolute atomic E-state index is 4.72. The molecule has 1 fully saturated rings. The van der Waals surface area contributed by atoms with Crippen molar-refractivity contribution in [3.8, 4) is 12.0 Å². The smallest absolute Gasteiger partial charge is 0.109 e. The largest absolute Gasteiger partial charge is 0.450 e. The van der Waals surface area contributed by atoms with Crippen LogP contribution >= 0.6 is 11.8 Å².